The molecule has 0 saturated heterocycles. The number of hydrogen-bond acceptors (Lipinski definition) is 4. The molecule has 0 saturated carbocycles. The molecule has 2 rings (SSSR count). The Bertz CT molecular complexity index is 669. The number of hydrogen-bond donors (Lipinski definition) is 1. The van der Waals surface area contributed by atoms with E-state index in [1.807, 2.05) is 20.8 Å². The van der Waals surface area contributed by atoms with Crippen molar-refractivity contribution in [2.75, 3.05) is 11.4 Å². The number of rotatable bonds is 3. The molecule has 1 aromatic rings. The minimum atomic E-state index is -0.645. The molecule has 0 bridgehead atoms. The van der Waals surface area contributed by atoms with Crippen LogP contribution in [0.1, 0.15) is 39.7 Å². The Hall–Kier alpha value is -2.44. The van der Waals surface area contributed by atoms with E-state index in [-0.39, 0.29) is 17.5 Å². The molecule has 1 unspecified atom stereocenters. The predicted molar refractivity (Wildman–Crippen MR) is 86.4 cm³/mol. The van der Waals surface area contributed by atoms with Crippen molar-refractivity contribution in [2.24, 2.45) is 0 Å². The first-order valence-corrected chi connectivity index (χ1v) is 7.54. The lowest BCUT2D eigenvalue weighted by Gasteiger charge is -2.27. The molecule has 7 heteroatoms. The summed E-state index contributed by atoms with van der Waals surface area (Å²) < 4.78 is 0. The van der Waals surface area contributed by atoms with Crippen LogP contribution in [-0.4, -0.2) is 29.3 Å². The van der Waals surface area contributed by atoms with E-state index in [2.05, 4.69) is 5.32 Å². The Labute approximate surface area is 134 Å². The minimum Gasteiger partial charge on any atom is -0.344 e. The van der Waals surface area contributed by atoms with Gasteiger partial charge in [-0.2, -0.15) is 0 Å². The number of anilines is 1. The van der Waals surface area contributed by atoms with Crippen LogP contribution in [0.3, 0.4) is 0 Å². The summed E-state index contributed by atoms with van der Waals surface area (Å²) in [5.74, 6) is -0.512. The fraction of sp³-hybridized carbons (Fsp3) is 0.500. The lowest BCUT2D eigenvalue weighted by atomic mass is 9.79. The standard InChI is InChI=1S/C16H21N3O4/c1-5-18-14-8-11(19(22)23)6-7-12(14)16(3,4)9-13(15(18)21)17-10(2)20/h6-8,13H,5,9H2,1-4H3,(H,17,20). The van der Waals surface area contributed by atoms with Gasteiger partial charge in [-0.15, -0.1) is 0 Å². The van der Waals surface area contributed by atoms with Crippen LogP contribution in [-0.2, 0) is 15.0 Å². The topological polar surface area (TPSA) is 92.6 Å². The van der Waals surface area contributed by atoms with E-state index < -0.39 is 16.4 Å². The van der Waals surface area contributed by atoms with Gasteiger partial charge in [0.1, 0.15) is 6.04 Å². The minimum absolute atomic E-state index is 0.0521. The number of carbonyl (C=O) groups is 2. The van der Waals surface area contributed by atoms with Gasteiger partial charge in [0, 0.05) is 25.6 Å². The van der Waals surface area contributed by atoms with Crippen molar-refractivity contribution in [2.45, 2.75) is 45.6 Å². The first-order valence-electron chi connectivity index (χ1n) is 7.54. The summed E-state index contributed by atoms with van der Waals surface area (Å²) in [4.78, 5) is 36.3. The van der Waals surface area contributed by atoms with Crippen molar-refractivity contribution < 1.29 is 14.5 Å². The number of non-ortho nitro benzene ring substituents is 1. The van der Waals surface area contributed by atoms with E-state index in [0.717, 1.165) is 5.56 Å². The number of fused-ring (bicyclic) bond motifs is 1. The van der Waals surface area contributed by atoms with Crippen molar-refractivity contribution in [1.82, 2.24) is 5.32 Å². The van der Waals surface area contributed by atoms with E-state index >= 15 is 0 Å². The van der Waals surface area contributed by atoms with Crippen LogP contribution in [0.25, 0.3) is 0 Å². The van der Waals surface area contributed by atoms with Crippen LogP contribution in [0.2, 0.25) is 0 Å². The zero-order valence-electron chi connectivity index (χ0n) is 13.8. The highest BCUT2D eigenvalue weighted by molar-refractivity contribution is 6.01. The summed E-state index contributed by atoms with van der Waals surface area (Å²) in [5, 5.41) is 13.8. The molecule has 0 aromatic heterocycles. The maximum Gasteiger partial charge on any atom is 0.271 e. The molecular formula is C16H21N3O4. The van der Waals surface area contributed by atoms with Crippen LogP contribution in [0.4, 0.5) is 11.4 Å². The smallest absolute Gasteiger partial charge is 0.271 e. The second-order valence-corrected chi connectivity index (χ2v) is 6.38. The highest BCUT2D eigenvalue weighted by Gasteiger charge is 2.39. The van der Waals surface area contributed by atoms with Gasteiger partial charge in [-0.05, 0) is 30.4 Å². The SMILES string of the molecule is CCN1C(=O)C(NC(C)=O)CC(C)(C)c2ccc([N+](=O)[O-])cc21. The molecule has 0 radical (unpaired) electrons. The number of nitrogens with one attached hydrogen (secondary N) is 1. The highest BCUT2D eigenvalue weighted by atomic mass is 16.6. The summed E-state index contributed by atoms with van der Waals surface area (Å²) in [7, 11) is 0. The maximum atomic E-state index is 12.8. The van der Waals surface area contributed by atoms with Crippen LogP contribution in [0.5, 0.6) is 0 Å². The number of carbonyl (C=O) groups excluding carboxylic acids is 2. The van der Waals surface area contributed by atoms with Gasteiger partial charge < -0.3 is 10.2 Å². The lowest BCUT2D eigenvalue weighted by Crippen LogP contribution is -2.48. The molecule has 1 aliphatic rings. The second-order valence-electron chi connectivity index (χ2n) is 6.38. The van der Waals surface area contributed by atoms with Gasteiger partial charge in [0.25, 0.3) is 5.69 Å². The molecule has 1 N–H and O–H groups in total. The third-order valence-electron chi connectivity index (χ3n) is 4.18. The number of nitro benzene ring substituents is 1. The number of amides is 2. The fourth-order valence-electron chi connectivity index (χ4n) is 3.13. The summed E-state index contributed by atoms with van der Waals surface area (Å²) in [6.45, 7) is 7.50. The fourth-order valence-corrected chi connectivity index (χ4v) is 3.13. The molecule has 0 spiro atoms. The summed E-state index contributed by atoms with van der Waals surface area (Å²) >= 11 is 0. The van der Waals surface area contributed by atoms with Gasteiger partial charge in [-0.1, -0.05) is 13.8 Å². The zero-order valence-corrected chi connectivity index (χ0v) is 13.8. The first-order chi connectivity index (χ1) is 10.7. The third-order valence-corrected chi connectivity index (χ3v) is 4.18. The summed E-state index contributed by atoms with van der Waals surface area (Å²) in [6.07, 6.45) is 0.437. The largest absolute Gasteiger partial charge is 0.344 e. The molecule has 0 aliphatic carbocycles. The molecule has 1 atom stereocenters. The second kappa shape index (κ2) is 5.98. The quantitative estimate of drug-likeness (QED) is 0.682. The molecule has 124 valence electrons. The van der Waals surface area contributed by atoms with E-state index in [1.54, 1.807) is 6.07 Å². The van der Waals surface area contributed by atoms with E-state index in [9.17, 15) is 19.7 Å². The van der Waals surface area contributed by atoms with Crippen molar-refractivity contribution in [3.05, 3.63) is 33.9 Å². The maximum absolute atomic E-state index is 12.8. The number of nitro groups is 1. The Morgan fingerprint density at radius 1 is 1.48 bits per heavy atom. The average molecular weight is 319 g/mol. The van der Waals surface area contributed by atoms with Gasteiger partial charge in [0.05, 0.1) is 10.6 Å². The van der Waals surface area contributed by atoms with Crippen molar-refractivity contribution >= 4 is 23.2 Å². The van der Waals surface area contributed by atoms with E-state index in [1.165, 1.54) is 24.0 Å². The molecule has 1 aromatic carbocycles. The van der Waals surface area contributed by atoms with Gasteiger partial charge in [-0.3, -0.25) is 19.7 Å². The van der Waals surface area contributed by atoms with Gasteiger partial charge in [0.2, 0.25) is 11.8 Å². The zero-order chi connectivity index (χ0) is 17.4. The first kappa shape index (κ1) is 16.9. The Morgan fingerprint density at radius 3 is 2.65 bits per heavy atom. The molecule has 0 fully saturated rings. The van der Waals surface area contributed by atoms with E-state index in [0.29, 0.717) is 18.7 Å². The van der Waals surface area contributed by atoms with Crippen LogP contribution < -0.4 is 10.2 Å². The predicted octanol–water partition coefficient (Wildman–Crippen LogP) is 2.13. The van der Waals surface area contributed by atoms with Crippen molar-refractivity contribution in [3.63, 3.8) is 0 Å². The van der Waals surface area contributed by atoms with Gasteiger partial charge in [0.15, 0.2) is 0 Å². The van der Waals surface area contributed by atoms with Gasteiger partial charge in [-0.25, -0.2) is 0 Å². The Kier molecular flexibility index (Phi) is 4.40. The summed E-state index contributed by atoms with van der Waals surface area (Å²) in [6, 6.07) is 3.96. The Balaban J connectivity index is 2.61. The van der Waals surface area contributed by atoms with E-state index in [4.69, 9.17) is 0 Å². The normalized spacial score (nSPS) is 19.7. The van der Waals surface area contributed by atoms with Crippen molar-refractivity contribution in [3.8, 4) is 0 Å². The highest BCUT2D eigenvalue weighted by Crippen LogP contribution is 2.40. The monoisotopic (exact) mass is 319 g/mol. The molecule has 7 nitrogen and oxygen atoms in total. The lowest BCUT2D eigenvalue weighted by molar-refractivity contribution is -0.384. The number of benzene rings is 1. The molecule has 1 aliphatic heterocycles. The van der Waals surface area contributed by atoms with Crippen LogP contribution in [0.15, 0.2) is 18.2 Å². The summed E-state index contributed by atoms with van der Waals surface area (Å²) in [5.41, 5.74) is 0.955. The number of likely N-dealkylation sites (N-methyl/N-ethyl adjacent to an activating group) is 1. The van der Waals surface area contributed by atoms with Crippen LogP contribution in [0, 0.1) is 10.1 Å². The third kappa shape index (κ3) is 3.18. The van der Waals surface area contributed by atoms with Gasteiger partial charge >= 0.3 is 0 Å². The molecule has 2 amide bonds. The molecular weight excluding hydrogens is 298 g/mol. The van der Waals surface area contributed by atoms with Crippen molar-refractivity contribution in [1.29, 1.82) is 0 Å². The number of nitrogens with zero attached hydrogens (tertiary/aromatic N) is 2. The average Bonchev–Trinajstić information content (AvgIpc) is 2.52. The molecule has 1 heterocycles. The molecule has 23 heavy (non-hydrogen) atoms. The van der Waals surface area contributed by atoms with Crippen LogP contribution >= 0.6 is 0 Å². The Morgan fingerprint density at radius 2 is 2.13 bits per heavy atom.